The van der Waals surface area contributed by atoms with Gasteiger partial charge in [-0.25, -0.2) is 0 Å². The highest BCUT2D eigenvalue weighted by Gasteiger charge is 2.14. The van der Waals surface area contributed by atoms with E-state index in [2.05, 4.69) is 10.1 Å². The minimum absolute atomic E-state index is 0.322. The quantitative estimate of drug-likeness (QED) is 0.922. The number of hydrogen-bond donors (Lipinski definition) is 1. The second kappa shape index (κ2) is 5.37. The molecule has 2 aromatic rings. The normalized spacial score (nSPS) is 12.4. The first-order valence-electron chi connectivity index (χ1n) is 5.44. The highest BCUT2D eigenvalue weighted by atomic mass is 35.5. The van der Waals surface area contributed by atoms with Crippen LogP contribution in [-0.4, -0.2) is 28.5 Å². The fraction of sp³-hybridized carbons (Fsp3) is 0.333. The van der Waals surface area contributed by atoms with Gasteiger partial charge in [0.05, 0.1) is 25.2 Å². The van der Waals surface area contributed by atoms with Gasteiger partial charge in [-0.05, 0) is 25.1 Å². The molecule has 0 radical (unpaired) electrons. The highest BCUT2D eigenvalue weighted by molar-refractivity contribution is 6.30. The number of halogens is 1. The van der Waals surface area contributed by atoms with Crippen LogP contribution in [0.4, 0.5) is 0 Å². The van der Waals surface area contributed by atoms with Crippen LogP contribution in [0, 0.1) is 0 Å². The van der Waals surface area contributed by atoms with Gasteiger partial charge in [-0.15, -0.1) is 0 Å². The lowest BCUT2D eigenvalue weighted by atomic mass is 10.2. The summed E-state index contributed by atoms with van der Waals surface area (Å²) in [5.74, 6) is 1.38. The zero-order chi connectivity index (χ0) is 13.1. The van der Waals surface area contributed by atoms with Gasteiger partial charge in [0.2, 0.25) is 11.7 Å². The molecule has 1 heterocycles. The third-order valence-electron chi connectivity index (χ3n) is 2.34. The molecule has 1 aromatic heterocycles. The highest BCUT2D eigenvalue weighted by Crippen LogP contribution is 2.30. The van der Waals surface area contributed by atoms with Gasteiger partial charge in [0.1, 0.15) is 5.75 Å². The molecule has 18 heavy (non-hydrogen) atoms. The van der Waals surface area contributed by atoms with E-state index in [1.807, 2.05) is 0 Å². The van der Waals surface area contributed by atoms with Crippen molar-refractivity contribution >= 4 is 11.6 Å². The molecule has 1 unspecified atom stereocenters. The molecule has 0 saturated carbocycles. The zero-order valence-corrected chi connectivity index (χ0v) is 10.8. The average Bonchev–Trinajstić information content (AvgIpc) is 2.76. The van der Waals surface area contributed by atoms with Crippen molar-refractivity contribution in [2.24, 2.45) is 0 Å². The van der Waals surface area contributed by atoms with Gasteiger partial charge in [-0.1, -0.05) is 16.8 Å². The largest absolute Gasteiger partial charge is 0.496 e. The smallest absolute Gasteiger partial charge is 0.229 e. The number of aromatic nitrogens is 2. The minimum atomic E-state index is -0.523. The minimum Gasteiger partial charge on any atom is -0.496 e. The van der Waals surface area contributed by atoms with Crippen molar-refractivity contribution in [2.45, 2.75) is 19.4 Å². The number of rotatable bonds is 4. The van der Waals surface area contributed by atoms with Gasteiger partial charge in [-0.3, -0.25) is 0 Å². The summed E-state index contributed by atoms with van der Waals surface area (Å²) in [6.45, 7) is 1.66. The van der Waals surface area contributed by atoms with Gasteiger partial charge in [0, 0.05) is 5.02 Å². The first kappa shape index (κ1) is 12.9. The van der Waals surface area contributed by atoms with Crippen molar-refractivity contribution in [2.75, 3.05) is 7.11 Å². The number of hydrogen-bond acceptors (Lipinski definition) is 5. The number of methoxy groups -OCH3 is 1. The topological polar surface area (TPSA) is 68.4 Å². The molecule has 0 saturated heterocycles. The maximum atomic E-state index is 9.25. The molecule has 0 aliphatic carbocycles. The molecular weight excluding hydrogens is 256 g/mol. The molecule has 0 aliphatic heterocycles. The summed E-state index contributed by atoms with van der Waals surface area (Å²) in [4.78, 5) is 4.20. The Morgan fingerprint density at radius 3 is 2.94 bits per heavy atom. The predicted octanol–water partition coefficient (Wildman–Crippen LogP) is 2.32. The first-order chi connectivity index (χ1) is 8.60. The lowest BCUT2D eigenvalue weighted by molar-refractivity contribution is 0.181. The first-order valence-corrected chi connectivity index (χ1v) is 5.82. The molecule has 1 atom stereocenters. The third-order valence-corrected chi connectivity index (χ3v) is 2.58. The van der Waals surface area contributed by atoms with E-state index in [0.29, 0.717) is 34.5 Å². The lowest BCUT2D eigenvalue weighted by Gasteiger charge is -2.04. The Balaban J connectivity index is 2.33. The van der Waals surface area contributed by atoms with Crippen molar-refractivity contribution in [3.63, 3.8) is 0 Å². The predicted molar refractivity (Wildman–Crippen MR) is 66.7 cm³/mol. The van der Waals surface area contributed by atoms with Crippen LogP contribution in [-0.2, 0) is 6.42 Å². The van der Waals surface area contributed by atoms with E-state index in [1.54, 1.807) is 32.2 Å². The molecule has 96 valence electrons. The van der Waals surface area contributed by atoms with Crippen molar-refractivity contribution in [3.8, 4) is 17.1 Å². The molecule has 1 N–H and O–H groups in total. The van der Waals surface area contributed by atoms with Gasteiger partial charge in [0.25, 0.3) is 0 Å². The second-order valence-electron chi connectivity index (χ2n) is 3.91. The Morgan fingerprint density at radius 1 is 1.50 bits per heavy atom. The van der Waals surface area contributed by atoms with Gasteiger partial charge in [-0.2, -0.15) is 4.98 Å². The van der Waals surface area contributed by atoms with Crippen LogP contribution in [0.3, 0.4) is 0 Å². The van der Waals surface area contributed by atoms with E-state index in [9.17, 15) is 5.11 Å². The van der Waals surface area contributed by atoms with Crippen LogP contribution in [0.2, 0.25) is 5.02 Å². The Bertz CT molecular complexity index is 540. The monoisotopic (exact) mass is 268 g/mol. The van der Waals surface area contributed by atoms with Crippen LogP contribution in [0.25, 0.3) is 11.4 Å². The van der Waals surface area contributed by atoms with Crippen molar-refractivity contribution in [3.05, 3.63) is 29.1 Å². The Kier molecular flexibility index (Phi) is 3.84. The van der Waals surface area contributed by atoms with E-state index in [0.717, 1.165) is 0 Å². The van der Waals surface area contributed by atoms with Gasteiger partial charge in [0.15, 0.2) is 0 Å². The van der Waals surface area contributed by atoms with Gasteiger partial charge < -0.3 is 14.4 Å². The maximum Gasteiger partial charge on any atom is 0.229 e. The summed E-state index contributed by atoms with van der Waals surface area (Å²) in [7, 11) is 1.55. The number of aliphatic hydroxyl groups is 1. The molecule has 0 bridgehead atoms. The summed E-state index contributed by atoms with van der Waals surface area (Å²) in [5, 5.41) is 13.7. The third kappa shape index (κ3) is 2.80. The van der Waals surface area contributed by atoms with E-state index in [-0.39, 0.29) is 0 Å². The lowest BCUT2D eigenvalue weighted by Crippen LogP contribution is -2.04. The van der Waals surface area contributed by atoms with Crippen LogP contribution >= 0.6 is 11.6 Å². The number of ether oxygens (including phenoxy) is 1. The summed E-state index contributed by atoms with van der Waals surface area (Å²) in [5.41, 5.74) is 0.697. The fourth-order valence-electron chi connectivity index (χ4n) is 1.55. The summed E-state index contributed by atoms with van der Waals surface area (Å²) in [6.07, 6.45) is -0.200. The average molecular weight is 269 g/mol. The van der Waals surface area contributed by atoms with Crippen LogP contribution < -0.4 is 4.74 Å². The number of nitrogens with zero attached hydrogens (tertiary/aromatic N) is 2. The molecule has 0 spiro atoms. The van der Waals surface area contributed by atoms with E-state index >= 15 is 0 Å². The van der Waals surface area contributed by atoms with Crippen molar-refractivity contribution in [1.82, 2.24) is 10.1 Å². The number of aliphatic hydroxyl groups excluding tert-OH is 1. The van der Waals surface area contributed by atoms with E-state index in [4.69, 9.17) is 20.9 Å². The second-order valence-corrected chi connectivity index (χ2v) is 4.35. The molecule has 2 rings (SSSR count). The molecule has 0 fully saturated rings. The molecule has 0 aliphatic rings. The fourth-order valence-corrected chi connectivity index (χ4v) is 1.71. The molecule has 6 heteroatoms. The molecule has 5 nitrogen and oxygen atoms in total. The standard InChI is InChI=1S/C12H13ClN2O3/c1-7(16)5-11-14-12(15-18-11)9-4-3-8(13)6-10(9)17-2/h3-4,6-7,16H,5H2,1-2H3. The summed E-state index contributed by atoms with van der Waals surface area (Å²) >= 11 is 5.88. The van der Waals surface area contributed by atoms with E-state index < -0.39 is 6.10 Å². The SMILES string of the molecule is COc1cc(Cl)ccc1-c1noc(CC(C)O)n1. The van der Waals surface area contributed by atoms with Crippen LogP contribution in [0.15, 0.2) is 22.7 Å². The Labute approximate surface area is 109 Å². The molecule has 1 aromatic carbocycles. The zero-order valence-electron chi connectivity index (χ0n) is 10.1. The van der Waals surface area contributed by atoms with Crippen LogP contribution in [0.1, 0.15) is 12.8 Å². The molecular formula is C12H13ClN2O3. The van der Waals surface area contributed by atoms with E-state index in [1.165, 1.54) is 0 Å². The Hall–Kier alpha value is -1.59. The summed E-state index contributed by atoms with van der Waals surface area (Å²) in [6, 6.07) is 5.17. The molecule has 0 amide bonds. The van der Waals surface area contributed by atoms with Crippen LogP contribution in [0.5, 0.6) is 5.75 Å². The maximum absolute atomic E-state index is 9.25. The van der Waals surface area contributed by atoms with Crippen molar-refractivity contribution in [1.29, 1.82) is 0 Å². The summed E-state index contributed by atoms with van der Waals surface area (Å²) < 4.78 is 10.3. The number of benzene rings is 1. The van der Waals surface area contributed by atoms with Crippen molar-refractivity contribution < 1.29 is 14.4 Å². The Morgan fingerprint density at radius 2 is 2.28 bits per heavy atom. The van der Waals surface area contributed by atoms with Gasteiger partial charge >= 0.3 is 0 Å².